The van der Waals surface area contributed by atoms with Crippen molar-refractivity contribution in [3.8, 4) is 6.07 Å². The van der Waals surface area contributed by atoms with E-state index in [2.05, 4.69) is 19.9 Å². The Hall–Kier alpha value is -2.27. The molecular formula is C15H18N6OS. The van der Waals surface area contributed by atoms with Crippen LogP contribution in [0.1, 0.15) is 6.42 Å². The zero-order chi connectivity index (χ0) is 16.4. The summed E-state index contributed by atoms with van der Waals surface area (Å²) in [5, 5.41) is 9.79. The van der Waals surface area contributed by atoms with Crippen LogP contribution in [0.3, 0.4) is 0 Å². The summed E-state index contributed by atoms with van der Waals surface area (Å²) in [7, 11) is 1.68. The van der Waals surface area contributed by atoms with E-state index in [4.69, 9.17) is 5.26 Å². The Morgan fingerprint density at radius 3 is 3.17 bits per heavy atom. The number of amides is 1. The van der Waals surface area contributed by atoms with Crippen LogP contribution in [0.15, 0.2) is 18.6 Å². The predicted octanol–water partition coefficient (Wildman–Crippen LogP) is 1.25. The van der Waals surface area contributed by atoms with Gasteiger partial charge in [0, 0.05) is 26.3 Å². The minimum absolute atomic E-state index is 0.00780. The third kappa shape index (κ3) is 2.61. The molecule has 3 heterocycles. The molecule has 1 aliphatic rings. The van der Waals surface area contributed by atoms with Crippen LogP contribution in [0.25, 0.3) is 11.0 Å². The van der Waals surface area contributed by atoms with Gasteiger partial charge >= 0.3 is 0 Å². The lowest BCUT2D eigenvalue weighted by molar-refractivity contribution is -0.131. The Morgan fingerprint density at radius 2 is 2.43 bits per heavy atom. The van der Waals surface area contributed by atoms with Crippen LogP contribution in [0.5, 0.6) is 0 Å². The number of carbonyl (C=O) groups is 1. The number of nitrogens with one attached hydrogen (secondary N) is 1. The maximum atomic E-state index is 12.8. The lowest BCUT2D eigenvalue weighted by Crippen LogP contribution is -2.47. The summed E-state index contributed by atoms with van der Waals surface area (Å²) in [6, 6.07) is 3.99. The van der Waals surface area contributed by atoms with Crippen molar-refractivity contribution < 1.29 is 4.79 Å². The van der Waals surface area contributed by atoms with Gasteiger partial charge in [0.05, 0.1) is 11.5 Å². The molecule has 1 amide bonds. The molecule has 2 aromatic heterocycles. The van der Waals surface area contributed by atoms with Gasteiger partial charge in [-0.1, -0.05) is 0 Å². The lowest BCUT2D eigenvalue weighted by atomic mass is 10.1. The number of aromatic nitrogens is 3. The maximum absolute atomic E-state index is 12.8. The third-order valence-electron chi connectivity index (χ3n) is 4.30. The number of H-pyrrole nitrogens is 1. The SMILES string of the molecule is CSC1(C(=O)N(C)CC#N)CCN(c2ncnc3[nH]ccc23)C1. The predicted molar refractivity (Wildman–Crippen MR) is 90.2 cm³/mol. The summed E-state index contributed by atoms with van der Waals surface area (Å²) in [6.07, 6.45) is 6.07. The van der Waals surface area contributed by atoms with Crippen LogP contribution >= 0.6 is 11.8 Å². The second-order valence-corrected chi connectivity index (χ2v) is 6.82. The van der Waals surface area contributed by atoms with E-state index in [1.54, 1.807) is 18.8 Å². The van der Waals surface area contributed by atoms with Gasteiger partial charge in [-0.25, -0.2) is 9.97 Å². The van der Waals surface area contributed by atoms with Crippen molar-refractivity contribution in [1.82, 2.24) is 19.9 Å². The van der Waals surface area contributed by atoms with E-state index < -0.39 is 4.75 Å². The third-order valence-corrected chi connectivity index (χ3v) is 5.59. The van der Waals surface area contributed by atoms with Crippen molar-refractivity contribution in [3.63, 3.8) is 0 Å². The molecule has 1 unspecified atom stereocenters. The van der Waals surface area contributed by atoms with Gasteiger partial charge in [-0.3, -0.25) is 4.79 Å². The van der Waals surface area contributed by atoms with E-state index in [0.29, 0.717) is 6.54 Å². The Kier molecular flexibility index (Phi) is 4.13. The fourth-order valence-electron chi connectivity index (χ4n) is 3.03. The molecule has 0 spiro atoms. The summed E-state index contributed by atoms with van der Waals surface area (Å²) >= 11 is 1.55. The average Bonchev–Trinajstić information content (AvgIpc) is 3.21. The molecular weight excluding hydrogens is 312 g/mol. The normalized spacial score (nSPS) is 20.7. The topological polar surface area (TPSA) is 88.9 Å². The molecule has 2 aromatic rings. The number of nitriles is 1. The van der Waals surface area contributed by atoms with E-state index in [1.807, 2.05) is 24.6 Å². The number of hydrogen-bond donors (Lipinski definition) is 1. The molecule has 23 heavy (non-hydrogen) atoms. The number of fused-ring (bicyclic) bond motifs is 1. The quantitative estimate of drug-likeness (QED) is 0.849. The Morgan fingerprint density at radius 1 is 1.61 bits per heavy atom. The number of thioether (sulfide) groups is 1. The molecule has 1 atom stereocenters. The minimum atomic E-state index is -0.529. The molecule has 0 aliphatic carbocycles. The highest BCUT2D eigenvalue weighted by Crippen LogP contribution is 2.38. The van der Waals surface area contributed by atoms with Crippen molar-refractivity contribution in [2.75, 3.05) is 37.8 Å². The van der Waals surface area contributed by atoms with Crippen molar-refractivity contribution in [2.24, 2.45) is 0 Å². The smallest absolute Gasteiger partial charge is 0.241 e. The van der Waals surface area contributed by atoms with E-state index in [9.17, 15) is 4.79 Å². The van der Waals surface area contributed by atoms with E-state index in [0.717, 1.165) is 29.8 Å². The molecule has 3 rings (SSSR count). The fraction of sp³-hybridized carbons (Fsp3) is 0.467. The van der Waals surface area contributed by atoms with Crippen LogP contribution in [0.4, 0.5) is 5.82 Å². The molecule has 0 bridgehead atoms. The van der Waals surface area contributed by atoms with E-state index in [1.165, 1.54) is 11.2 Å². The molecule has 0 saturated carbocycles. The molecule has 1 aliphatic heterocycles. The first-order chi connectivity index (χ1) is 11.1. The molecule has 7 nitrogen and oxygen atoms in total. The van der Waals surface area contributed by atoms with Gasteiger partial charge in [0.25, 0.3) is 0 Å². The number of hydrogen-bond acceptors (Lipinski definition) is 6. The Bertz CT molecular complexity index is 769. The van der Waals surface area contributed by atoms with Crippen LogP contribution in [-0.2, 0) is 4.79 Å². The number of aromatic amines is 1. The van der Waals surface area contributed by atoms with Crippen LogP contribution in [-0.4, -0.2) is 63.4 Å². The standard InChI is InChI=1S/C15H18N6OS/c1-20(8-5-16)14(22)15(23-2)4-7-21(9-15)13-11-3-6-17-12(11)18-10-19-13/h3,6,10H,4,7-9H2,1-2H3,(H,17,18,19). The lowest BCUT2D eigenvalue weighted by Gasteiger charge is -2.30. The fourth-order valence-corrected chi connectivity index (χ4v) is 3.94. The average molecular weight is 330 g/mol. The molecule has 8 heteroatoms. The summed E-state index contributed by atoms with van der Waals surface area (Å²) in [6.45, 7) is 1.45. The molecule has 1 saturated heterocycles. The monoisotopic (exact) mass is 330 g/mol. The second kappa shape index (κ2) is 6.08. The molecule has 0 radical (unpaired) electrons. The van der Waals surface area contributed by atoms with E-state index in [-0.39, 0.29) is 12.5 Å². The molecule has 0 aromatic carbocycles. The van der Waals surface area contributed by atoms with Crippen molar-refractivity contribution in [2.45, 2.75) is 11.2 Å². The zero-order valence-corrected chi connectivity index (χ0v) is 13.9. The van der Waals surface area contributed by atoms with Crippen molar-refractivity contribution in [1.29, 1.82) is 5.26 Å². The molecule has 120 valence electrons. The summed E-state index contributed by atoms with van der Waals surface area (Å²) < 4.78 is -0.529. The summed E-state index contributed by atoms with van der Waals surface area (Å²) in [5.41, 5.74) is 0.796. The highest BCUT2D eigenvalue weighted by Gasteiger charge is 2.46. The highest BCUT2D eigenvalue weighted by atomic mass is 32.2. The van der Waals surface area contributed by atoms with Crippen LogP contribution < -0.4 is 4.90 Å². The van der Waals surface area contributed by atoms with Gasteiger partial charge in [0.2, 0.25) is 5.91 Å². The first-order valence-corrected chi connectivity index (χ1v) is 8.54. The number of nitrogens with zero attached hydrogens (tertiary/aromatic N) is 5. The first-order valence-electron chi connectivity index (χ1n) is 7.32. The highest BCUT2D eigenvalue weighted by molar-refractivity contribution is 8.00. The Labute approximate surface area is 138 Å². The number of carbonyl (C=O) groups excluding carboxylic acids is 1. The van der Waals surface area contributed by atoms with Gasteiger partial charge in [-0.05, 0) is 18.7 Å². The maximum Gasteiger partial charge on any atom is 0.241 e. The Balaban J connectivity index is 1.88. The van der Waals surface area contributed by atoms with Gasteiger partial charge in [0.1, 0.15) is 29.1 Å². The number of anilines is 1. The first kappa shape index (κ1) is 15.6. The van der Waals surface area contributed by atoms with Gasteiger partial charge in [0.15, 0.2) is 0 Å². The minimum Gasteiger partial charge on any atom is -0.354 e. The second-order valence-electron chi connectivity index (χ2n) is 5.63. The molecule has 1 N–H and O–H groups in total. The summed E-state index contributed by atoms with van der Waals surface area (Å²) in [5.74, 6) is 0.858. The summed E-state index contributed by atoms with van der Waals surface area (Å²) in [4.78, 5) is 28.1. The number of rotatable bonds is 4. The van der Waals surface area contributed by atoms with Gasteiger partial charge < -0.3 is 14.8 Å². The van der Waals surface area contributed by atoms with Crippen LogP contribution in [0.2, 0.25) is 0 Å². The van der Waals surface area contributed by atoms with Gasteiger partial charge in [-0.2, -0.15) is 5.26 Å². The van der Waals surface area contributed by atoms with Crippen molar-refractivity contribution >= 4 is 34.5 Å². The van der Waals surface area contributed by atoms with Gasteiger partial charge in [-0.15, -0.1) is 11.8 Å². The van der Waals surface area contributed by atoms with E-state index >= 15 is 0 Å². The largest absolute Gasteiger partial charge is 0.354 e. The zero-order valence-electron chi connectivity index (χ0n) is 13.1. The van der Waals surface area contributed by atoms with Crippen molar-refractivity contribution in [3.05, 3.63) is 18.6 Å². The van der Waals surface area contributed by atoms with Crippen LogP contribution in [0, 0.1) is 11.3 Å². The molecule has 1 fully saturated rings.